The van der Waals surface area contributed by atoms with Gasteiger partial charge in [0.1, 0.15) is 18.0 Å². The summed E-state index contributed by atoms with van der Waals surface area (Å²) in [5.41, 5.74) is 1.93. The normalized spacial score (nSPS) is 24.2. The number of nitrogens with zero attached hydrogens (tertiary/aromatic N) is 1. The molecule has 164 valence electrons. The van der Waals surface area contributed by atoms with Crippen LogP contribution in [0.25, 0.3) is 0 Å². The van der Waals surface area contributed by atoms with E-state index in [2.05, 4.69) is 26.1 Å². The molecule has 1 aliphatic heterocycles. The smallest absolute Gasteiger partial charge is 0.306 e. The second kappa shape index (κ2) is 9.21. The molecule has 0 fully saturated rings. The van der Waals surface area contributed by atoms with Crippen molar-refractivity contribution in [3.63, 3.8) is 0 Å². The van der Waals surface area contributed by atoms with Crippen molar-refractivity contribution in [2.45, 2.75) is 70.1 Å². The van der Waals surface area contributed by atoms with Crippen molar-refractivity contribution in [2.75, 3.05) is 14.2 Å². The minimum Gasteiger partial charge on any atom is -0.493 e. The average Bonchev–Trinajstić information content (AvgIpc) is 3.00. The van der Waals surface area contributed by atoms with E-state index >= 15 is 0 Å². The average molecular weight is 415 g/mol. The summed E-state index contributed by atoms with van der Waals surface area (Å²) in [5.74, 6) is 1.37. The number of Topliss-reactive ketones (excluding diaryl/α,β-unsaturated/α-hetero) is 1. The summed E-state index contributed by atoms with van der Waals surface area (Å²) in [6, 6.07) is 3.99. The molecule has 1 aromatic carbocycles. The molecule has 0 aromatic heterocycles. The van der Waals surface area contributed by atoms with Gasteiger partial charge < -0.3 is 19.1 Å². The fourth-order valence-electron chi connectivity index (χ4n) is 4.32. The molecule has 0 saturated heterocycles. The van der Waals surface area contributed by atoms with E-state index < -0.39 is 0 Å². The Morgan fingerprint density at radius 3 is 2.77 bits per heavy atom. The molecule has 30 heavy (non-hydrogen) atoms. The van der Waals surface area contributed by atoms with Crippen LogP contribution in [0.3, 0.4) is 0 Å². The standard InChI is InChI=1S/C24H32NO5/c1-6-17(26)8-7-9-21(27)29-18-12-13-24(2)20(14-18)30-23-19(28-5)11-10-16(22(23)24)15-25(3)4/h10-13,18,20H,3,6-9,14-15H2,1-2,4-5H3/q-1. The van der Waals surface area contributed by atoms with Crippen molar-refractivity contribution in [3.8, 4) is 11.5 Å². The molecule has 0 saturated carbocycles. The molecule has 0 spiro atoms. The number of carbonyl (C=O) groups is 2. The third kappa shape index (κ3) is 4.53. The number of hydrogen-bond acceptors (Lipinski definition) is 6. The zero-order chi connectivity index (χ0) is 21.9. The zero-order valence-corrected chi connectivity index (χ0v) is 18.4. The lowest BCUT2D eigenvalue weighted by molar-refractivity contribution is -0.148. The van der Waals surface area contributed by atoms with Crippen LogP contribution in [-0.2, 0) is 26.3 Å². The predicted octanol–water partition coefficient (Wildman–Crippen LogP) is 3.96. The van der Waals surface area contributed by atoms with Crippen LogP contribution in [0.1, 0.15) is 57.1 Å². The lowest BCUT2D eigenvalue weighted by Gasteiger charge is -2.35. The SMILES string of the molecule is [CH2-]N(C)Cc1ccc(OC)c2c1C1(C)C=CC(OC(=O)CCCC(=O)CC)CC1O2. The Morgan fingerprint density at radius 1 is 1.33 bits per heavy atom. The molecule has 0 radical (unpaired) electrons. The molecule has 3 rings (SSSR count). The summed E-state index contributed by atoms with van der Waals surface area (Å²) in [6.45, 7) is 4.68. The molecule has 1 aliphatic carbocycles. The highest BCUT2D eigenvalue weighted by Crippen LogP contribution is 2.53. The quantitative estimate of drug-likeness (QED) is 0.346. The van der Waals surface area contributed by atoms with E-state index in [0.29, 0.717) is 38.0 Å². The fourth-order valence-corrected chi connectivity index (χ4v) is 4.32. The van der Waals surface area contributed by atoms with Gasteiger partial charge in [-0.25, -0.2) is 0 Å². The maximum absolute atomic E-state index is 12.2. The predicted molar refractivity (Wildman–Crippen MR) is 114 cm³/mol. The van der Waals surface area contributed by atoms with Crippen molar-refractivity contribution in [2.24, 2.45) is 0 Å². The molecule has 1 aromatic rings. The minimum atomic E-state index is -0.336. The zero-order valence-electron chi connectivity index (χ0n) is 18.4. The van der Waals surface area contributed by atoms with Crippen LogP contribution < -0.4 is 9.47 Å². The first-order valence-electron chi connectivity index (χ1n) is 10.6. The lowest BCUT2D eigenvalue weighted by Crippen LogP contribution is -2.41. The number of hydrogen-bond donors (Lipinski definition) is 0. The van der Waals surface area contributed by atoms with E-state index in [-0.39, 0.29) is 35.8 Å². The van der Waals surface area contributed by atoms with Gasteiger partial charge in [-0.1, -0.05) is 19.1 Å². The lowest BCUT2D eigenvalue weighted by atomic mass is 9.72. The summed E-state index contributed by atoms with van der Waals surface area (Å²) < 4.78 is 17.5. The van der Waals surface area contributed by atoms with Gasteiger partial charge in [-0.2, -0.15) is 0 Å². The third-order valence-electron chi connectivity index (χ3n) is 5.95. The van der Waals surface area contributed by atoms with Crippen LogP contribution >= 0.6 is 0 Å². The van der Waals surface area contributed by atoms with E-state index in [1.807, 2.05) is 31.0 Å². The largest absolute Gasteiger partial charge is 0.493 e. The Morgan fingerprint density at radius 2 is 2.10 bits per heavy atom. The molecule has 3 unspecified atom stereocenters. The van der Waals surface area contributed by atoms with Crippen molar-refractivity contribution < 1.29 is 23.8 Å². The maximum Gasteiger partial charge on any atom is 0.306 e. The van der Waals surface area contributed by atoms with Crippen LogP contribution in [0, 0.1) is 7.05 Å². The number of fused-ring (bicyclic) bond motifs is 3. The molecule has 0 N–H and O–H groups in total. The van der Waals surface area contributed by atoms with E-state index in [0.717, 1.165) is 16.9 Å². The number of ketones is 1. The number of ether oxygens (including phenoxy) is 3. The van der Waals surface area contributed by atoms with E-state index in [1.54, 1.807) is 7.11 Å². The van der Waals surface area contributed by atoms with Gasteiger partial charge in [0.2, 0.25) is 0 Å². The van der Waals surface area contributed by atoms with Crippen molar-refractivity contribution in [1.82, 2.24) is 4.90 Å². The van der Waals surface area contributed by atoms with Gasteiger partial charge in [-0.15, -0.1) is 0 Å². The van der Waals surface area contributed by atoms with Crippen LogP contribution in [0.5, 0.6) is 11.5 Å². The molecule has 0 bridgehead atoms. The molecular weight excluding hydrogens is 382 g/mol. The third-order valence-corrected chi connectivity index (χ3v) is 5.95. The Labute approximate surface area is 179 Å². The Balaban J connectivity index is 1.74. The molecule has 3 atom stereocenters. The monoisotopic (exact) mass is 414 g/mol. The minimum absolute atomic E-state index is 0.151. The van der Waals surface area contributed by atoms with Crippen molar-refractivity contribution >= 4 is 11.8 Å². The molecular formula is C24H32NO5-. The summed E-state index contributed by atoms with van der Waals surface area (Å²) in [4.78, 5) is 25.5. The van der Waals surface area contributed by atoms with Crippen molar-refractivity contribution in [3.05, 3.63) is 42.5 Å². The summed E-state index contributed by atoms with van der Waals surface area (Å²) in [5, 5.41) is 0. The fraction of sp³-hybridized carbons (Fsp3) is 0.542. The van der Waals surface area contributed by atoms with Gasteiger partial charge in [-0.3, -0.25) is 16.6 Å². The first-order chi connectivity index (χ1) is 14.3. The number of carbonyl (C=O) groups excluding carboxylic acids is 2. The molecule has 0 amide bonds. The van der Waals surface area contributed by atoms with Crippen LogP contribution in [0.4, 0.5) is 0 Å². The highest BCUT2D eigenvalue weighted by atomic mass is 16.6. The van der Waals surface area contributed by atoms with E-state index in [4.69, 9.17) is 14.2 Å². The molecule has 2 aliphatic rings. The van der Waals surface area contributed by atoms with Gasteiger partial charge in [0.15, 0.2) is 11.5 Å². The van der Waals surface area contributed by atoms with E-state index in [1.165, 1.54) is 0 Å². The number of methoxy groups -OCH3 is 1. The maximum atomic E-state index is 12.2. The second-order valence-electron chi connectivity index (χ2n) is 8.40. The van der Waals surface area contributed by atoms with E-state index in [9.17, 15) is 9.59 Å². The Bertz CT molecular complexity index is 831. The summed E-state index contributed by atoms with van der Waals surface area (Å²) in [7, 11) is 7.55. The van der Waals surface area contributed by atoms with Gasteiger partial charge in [0.25, 0.3) is 0 Å². The summed E-state index contributed by atoms with van der Waals surface area (Å²) in [6.07, 6.45) is 5.86. The van der Waals surface area contributed by atoms with Crippen LogP contribution in [0.2, 0.25) is 0 Å². The van der Waals surface area contributed by atoms with Crippen LogP contribution in [0.15, 0.2) is 24.3 Å². The van der Waals surface area contributed by atoms with Gasteiger partial charge >= 0.3 is 5.97 Å². The highest BCUT2D eigenvalue weighted by Gasteiger charge is 2.49. The van der Waals surface area contributed by atoms with Crippen LogP contribution in [-0.4, -0.2) is 43.0 Å². The molecule has 6 heteroatoms. The summed E-state index contributed by atoms with van der Waals surface area (Å²) >= 11 is 0. The second-order valence-corrected chi connectivity index (χ2v) is 8.40. The topological polar surface area (TPSA) is 65.1 Å². The van der Waals surface area contributed by atoms with Crippen molar-refractivity contribution in [1.29, 1.82) is 0 Å². The molecule has 6 nitrogen and oxygen atoms in total. The van der Waals surface area contributed by atoms with Gasteiger partial charge in [0, 0.05) is 31.2 Å². The van der Waals surface area contributed by atoms with Gasteiger partial charge in [0.05, 0.1) is 12.5 Å². The first kappa shape index (κ1) is 22.3. The molecule has 1 heterocycles. The Hall–Kier alpha value is -2.34. The number of rotatable bonds is 9. The Kier molecular flexibility index (Phi) is 6.86. The van der Waals surface area contributed by atoms with Gasteiger partial charge in [-0.05, 0) is 44.6 Å². The first-order valence-corrected chi connectivity index (χ1v) is 10.6. The number of benzene rings is 1. The highest BCUT2D eigenvalue weighted by molar-refractivity contribution is 5.78. The number of esters is 1.